The molecule has 6 heteroatoms. The summed E-state index contributed by atoms with van der Waals surface area (Å²) in [4.78, 5) is 20.8. The Balaban J connectivity index is 1.55. The van der Waals surface area contributed by atoms with Crippen molar-refractivity contribution in [2.24, 2.45) is 0 Å². The van der Waals surface area contributed by atoms with Crippen LogP contribution in [-0.2, 0) is 6.42 Å². The molecule has 5 nitrogen and oxygen atoms in total. The van der Waals surface area contributed by atoms with Gasteiger partial charge in [0.05, 0.1) is 12.8 Å². The fourth-order valence-corrected chi connectivity index (χ4v) is 3.06. The highest BCUT2D eigenvalue weighted by Crippen LogP contribution is 2.22. The van der Waals surface area contributed by atoms with Crippen LogP contribution in [0.5, 0.6) is 5.75 Å². The van der Waals surface area contributed by atoms with Crippen LogP contribution < -0.4 is 10.1 Å². The molecule has 1 aromatic carbocycles. The largest absolute Gasteiger partial charge is 0.497 e. The molecule has 0 fully saturated rings. The number of aromatic nitrogens is 2. The number of methoxy groups -OCH3 is 1. The van der Waals surface area contributed by atoms with Crippen LogP contribution in [0.4, 0.5) is 0 Å². The molecule has 0 saturated heterocycles. The van der Waals surface area contributed by atoms with Crippen LogP contribution in [0.2, 0.25) is 0 Å². The Morgan fingerprint density at radius 1 is 1.29 bits per heavy atom. The molecule has 0 spiro atoms. The molecule has 2 aromatic heterocycles. The molecule has 0 radical (unpaired) electrons. The summed E-state index contributed by atoms with van der Waals surface area (Å²) in [6, 6.07) is 11.0. The Morgan fingerprint density at radius 3 is 3.00 bits per heavy atom. The molecule has 3 aromatic rings. The second-order valence-electron chi connectivity index (χ2n) is 5.12. The van der Waals surface area contributed by atoms with Crippen LogP contribution in [0.15, 0.2) is 54.2 Å². The predicted molar refractivity (Wildman–Crippen MR) is 94.4 cm³/mol. The molecule has 3 rings (SSSR count). The van der Waals surface area contributed by atoms with E-state index in [1.807, 2.05) is 23.6 Å². The van der Waals surface area contributed by atoms with Gasteiger partial charge in [0.2, 0.25) is 0 Å². The smallest absolute Gasteiger partial charge is 0.251 e. The lowest BCUT2D eigenvalue weighted by Gasteiger charge is -2.05. The van der Waals surface area contributed by atoms with Crippen LogP contribution in [0.3, 0.4) is 0 Å². The van der Waals surface area contributed by atoms with E-state index in [-0.39, 0.29) is 5.91 Å². The van der Waals surface area contributed by atoms with Gasteiger partial charge in [-0.2, -0.15) is 0 Å². The van der Waals surface area contributed by atoms with Crippen molar-refractivity contribution >= 4 is 17.2 Å². The highest BCUT2D eigenvalue weighted by atomic mass is 32.1. The van der Waals surface area contributed by atoms with Crippen LogP contribution >= 0.6 is 11.3 Å². The lowest BCUT2D eigenvalue weighted by atomic mass is 10.2. The molecule has 1 N–H and O–H groups in total. The van der Waals surface area contributed by atoms with Crippen molar-refractivity contribution in [2.75, 3.05) is 13.7 Å². The van der Waals surface area contributed by atoms with Gasteiger partial charge < -0.3 is 10.1 Å². The van der Waals surface area contributed by atoms with E-state index in [1.165, 1.54) is 0 Å². The van der Waals surface area contributed by atoms with Gasteiger partial charge in [0.25, 0.3) is 5.91 Å². The molecule has 24 heavy (non-hydrogen) atoms. The van der Waals surface area contributed by atoms with Gasteiger partial charge in [0.1, 0.15) is 10.8 Å². The zero-order valence-electron chi connectivity index (χ0n) is 13.2. The van der Waals surface area contributed by atoms with Gasteiger partial charge in [0.15, 0.2) is 0 Å². The van der Waals surface area contributed by atoms with Gasteiger partial charge >= 0.3 is 0 Å². The second-order valence-corrected chi connectivity index (χ2v) is 5.98. The number of nitrogens with zero attached hydrogens (tertiary/aromatic N) is 2. The van der Waals surface area contributed by atoms with Crippen LogP contribution in [0.25, 0.3) is 10.6 Å². The minimum absolute atomic E-state index is 0.114. The number of ether oxygens (including phenoxy) is 1. The number of carbonyl (C=O) groups is 1. The van der Waals surface area contributed by atoms with E-state index in [9.17, 15) is 4.79 Å². The first kappa shape index (κ1) is 16.1. The van der Waals surface area contributed by atoms with Crippen LogP contribution in [0.1, 0.15) is 16.1 Å². The van der Waals surface area contributed by atoms with Crippen molar-refractivity contribution in [3.8, 4) is 16.3 Å². The van der Waals surface area contributed by atoms with E-state index in [4.69, 9.17) is 4.74 Å². The number of amides is 1. The Hall–Kier alpha value is -2.73. The molecule has 0 bridgehead atoms. The second kappa shape index (κ2) is 7.70. The molecular weight excluding hydrogens is 322 g/mol. The molecule has 122 valence electrons. The lowest BCUT2D eigenvalue weighted by molar-refractivity contribution is 0.0953. The van der Waals surface area contributed by atoms with Crippen molar-refractivity contribution < 1.29 is 9.53 Å². The number of hydrogen-bond acceptors (Lipinski definition) is 5. The molecule has 1 amide bonds. The van der Waals surface area contributed by atoms with E-state index in [2.05, 4.69) is 15.3 Å². The van der Waals surface area contributed by atoms with Crippen molar-refractivity contribution in [1.82, 2.24) is 15.3 Å². The quantitative estimate of drug-likeness (QED) is 0.749. The average Bonchev–Trinajstić information content (AvgIpc) is 3.11. The number of pyridine rings is 1. The number of thiazole rings is 1. The van der Waals surface area contributed by atoms with E-state index in [1.54, 1.807) is 49.0 Å². The fraction of sp³-hybridized carbons (Fsp3) is 0.167. The van der Waals surface area contributed by atoms with Crippen molar-refractivity contribution in [3.63, 3.8) is 0 Å². The lowest BCUT2D eigenvalue weighted by Crippen LogP contribution is -2.25. The maximum atomic E-state index is 12.1. The highest BCUT2D eigenvalue weighted by molar-refractivity contribution is 7.13. The number of nitrogens with one attached hydrogen (secondary N) is 1. The summed E-state index contributed by atoms with van der Waals surface area (Å²) in [5.41, 5.74) is 2.56. The molecule has 0 unspecified atom stereocenters. The van der Waals surface area contributed by atoms with Crippen molar-refractivity contribution in [3.05, 3.63) is 65.4 Å². The minimum Gasteiger partial charge on any atom is -0.497 e. The summed E-state index contributed by atoms with van der Waals surface area (Å²) in [5, 5.41) is 5.86. The van der Waals surface area contributed by atoms with E-state index in [0.717, 1.165) is 16.3 Å². The van der Waals surface area contributed by atoms with Gasteiger partial charge in [0, 0.05) is 41.9 Å². The standard InChI is InChI=1S/C18H17N3O2S/c1-23-16-6-2-4-13(10-16)17(22)20-9-7-15-12-24-18(21-15)14-5-3-8-19-11-14/h2-6,8,10-12H,7,9H2,1H3,(H,20,22). The number of hydrogen-bond donors (Lipinski definition) is 1. The Kier molecular flexibility index (Phi) is 5.18. The first-order chi connectivity index (χ1) is 11.8. The highest BCUT2D eigenvalue weighted by Gasteiger charge is 2.08. The first-order valence-corrected chi connectivity index (χ1v) is 8.41. The number of benzene rings is 1. The fourth-order valence-electron chi connectivity index (χ4n) is 2.21. The first-order valence-electron chi connectivity index (χ1n) is 7.53. The topological polar surface area (TPSA) is 64.1 Å². The van der Waals surface area contributed by atoms with Crippen LogP contribution in [-0.4, -0.2) is 29.5 Å². The number of rotatable bonds is 6. The van der Waals surface area contributed by atoms with E-state index < -0.39 is 0 Å². The third-order valence-electron chi connectivity index (χ3n) is 3.46. The average molecular weight is 339 g/mol. The summed E-state index contributed by atoms with van der Waals surface area (Å²) in [6.45, 7) is 0.534. The summed E-state index contributed by atoms with van der Waals surface area (Å²) >= 11 is 1.58. The third kappa shape index (κ3) is 3.97. The zero-order chi connectivity index (χ0) is 16.8. The van der Waals surface area contributed by atoms with Gasteiger partial charge in [-0.15, -0.1) is 11.3 Å². The molecule has 0 aliphatic carbocycles. The Labute approximate surface area is 144 Å². The van der Waals surface area contributed by atoms with Gasteiger partial charge in [-0.1, -0.05) is 6.07 Å². The zero-order valence-corrected chi connectivity index (χ0v) is 14.0. The molecule has 0 saturated carbocycles. The summed E-state index contributed by atoms with van der Waals surface area (Å²) in [7, 11) is 1.58. The molecular formula is C18H17N3O2S. The summed E-state index contributed by atoms with van der Waals surface area (Å²) < 4.78 is 5.13. The summed E-state index contributed by atoms with van der Waals surface area (Å²) in [6.07, 6.45) is 4.23. The Morgan fingerprint density at radius 2 is 2.21 bits per heavy atom. The Bertz CT molecular complexity index is 818. The van der Waals surface area contributed by atoms with Crippen molar-refractivity contribution in [1.29, 1.82) is 0 Å². The van der Waals surface area contributed by atoms with Gasteiger partial charge in [-0.05, 0) is 30.3 Å². The van der Waals surface area contributed by atoms with E-state index >= 15 is 0 Å². The maximum Gasteiger partial charge on any atom is 0.251 e. The molecule has 0 aliphatic rings. The minimum atomic E-state index is -0.114. The van der Waals surface area contributed by atoms with Crippen LogP contribution in [0, 0.1) is 0 Å². The molecule has 0 atom stereocenters. The maximum absolute atomic E-state index is 12.1. The monoisotopic (exact) mass is 339 g/mol. The van der Waals surface area contributed by atoms with E-state index in [0.29, 0.717) is 24.3 Å². The van der Waals surface area contributed by atoms with Gasteiger partial charge in [-0.3, -0.25) is 9.78 Å². The molecule has 2 heterocycles. The van der Waals surface area contributed by atoms with Crippen molar-refractivity contribution in [2.45, 2.75) is 6.42 Å². The number of carbonyl (C=O) groups excluding carboxylic acids is 1. The normalized spacial score (nSPS) is 10.4. The third-order valence-corrected chi connectivity index (χ3v) is 4.40. The SMILES string of the molecule is COc1cccc(C(=O)NCCc2csc(-c3cccnc3)n2)c1. The predicted octanol–water partition coefficient (Wildman–Crippen LogP) is 3.19. The summed E-state index contributed by atoms with van der Waals surface area (Å²) in [5.74, 6) is 0.555. The molecule has 0 aliphatic heterocycles. The van der Waals surface area contributed by atoms with Gasteiger partial charge in [-0.25, -0.2) is 4.98 Å².